The number of carbonyl (C=O) groups excluding carboxylic acids is 2. The summed E-state index contributed by atoms with van der Waals surface area (Å²) in [5.74, 6) is -0.230. The van der Waals surface area contributed by atoms with Gasteiger partial charge in [0.1, 0.15) is 17.6 Å². The zero-order chi connectivity index (χ0) is 28.7. The minimum absolute atomic E-state index is 0.230. The fraction of sp³-hybridized carbons (Fsp3) is 0.323. The van der Waals surface area contributed by atoms with Crippen LogP contribution in [-0.2, 0) is 14.3 Å². The zero-order valence-electron chi connectivity index (χ0n) is 23.2. The van der Waals surface area contributed by atoms with Crippen molar-refractivity contribution in [2.45, 2.75) is 51.5 Å². The van der Waals surface area contributed by atoms with Crippen molar-refractivity contribution < 1.29 is 18.9 Å². The minimum Gasteiger partial charge on any atom is -0.370 e. The van der Waals surface area contributed by atoms with Crippen LogP contribution in [0, 0.1) is 0 Å². The third-order valence-corrected chi connectivity index (χ3v) is 7.60. The molecule has 0 radical (unpaired) electrons. The van der Waals surface area contributed by atoms with E-state index in [0.717, 1.165) is 36.2 Å². The molecule has 2 unspecified atom stereocenters. The van der Waals surface area contributed by atoms with Crippen molar-refractivity contribution in [3.8, 4) is 0 Å². The van der Waals surface area contributed by atoms with Crippen molar-refractivity contribution in [1.29, 1.82) is 0 Å². The number of anilines is 2. The molecule has 0 bridgehead atoms. The van der Waals surface area contributed by atoms with E-state index in [-0.39, 0.29) is 5.91 Å². The molecule has 3 aromatic carbocycles. The SMILES string of the molecule is CSC1=[N+](c2ccc(NC(=O)C(Nc3cccc(C(NC=O)OC(C)(C)C)c3)c3ccccc3)cc2Cl)CCC1. The van der Waals surface area contributed by atoms with Crippen LogP contribution < -0.4 is 16.0 Å². The summed E-state index contributed by atoms with van der Waals surface area (Å²) in [5, 5.41) is 11.0. The van der Waals surface area contributed by atoms with Crippen molar-refractivity contribution in [3.63, 3.8) is 0 Å². The number of hydrogen-bond donors (Lipinski definition) is 3. The van der Waals surface area contributed by atoms with Crippen LogP contribution in [0.1, 0.15) is 57.0 Å². The van der Waals surface area contributed by atoms with Gasteiger partial charge < -0.3 is 20.7 Å². The van der Waals surface area contributed by atoms with Gasteiger partial charge in [0.25, 0.3) is 5.91 Å². The maximum atomic E-state index is 13.7. The van der Waals surface area contributed by atoms with Crippen molar-refractivity contribution in [2.24, 2.45) is 0 Å². The molecule has 3 N–H and O–H groups in total. The number of carbonyl (C=O) groups is 2. The third-order valence-electron chi connectivity index (χ3n) is 6.40. The van der Waals surface area contributed by atoms with Gasteiger partial charge in [0.05, 0.1) is 5.60 Å². The maximum absolute atomic E-state index is 13.7. The second kappa shape index (κ2) is 13.4. The second-order valence-electron chi connectivity index (χ2n) is 10.5. The van der Waals surface area contributed by atoms with E-state index in [1.807, 2.05) is 87.5 Å². The first-order chi connectivity index (χ1) is 19.2. The Morgan fingerprint density at radius 1 is 1.02 bits per heavy atom. The summed E-state index contributed by atoms with van der Waals surface area (Å²) in [6.45, 7) is 6.71. The van der Waals surface area contributed by atoms with E-state index in [4.69, 9.17) is 16.3 Å². The highest BCUT2D eigenvalue weighted by molar-refractivity contribution is 8.13. The van der Waals surface area contributed by atoms with Crippen molar-refractivity contribution >= 4 is 57.8 Å². The number of ether oxygens (including phenoxy) is 1. The van der Waals surface area contributed by atoms with Gasteiger partial charge in [-0.15, -0.1) is 0 Å². The summed E-state index contributed by atoms with van der Waals surface area (Å²) in [6.07, 6.45) is 4.22. The number of benzene rings is 3. The topological polar surface area (TPSA) is 82.5 Å². The van der Waals surface area contributed by atoms with E-state index in [0.29, 0.717) is 22.8 Å². The lowest BCUT2D eigenvalue weighted by Crippen LogP contribution is -2.31. The molecular weight excluding hydrogens is 544 g/mol. The zero-order valence-corrected chi connectivity index (χ0v) is 24.8. The molecule has 9 heteroatoms. The lowest BCUT2D eigenvalue weighted by Gasteiger charge is -2.28. The maximum Gasteiger partial charge on any atom is 0.251 e. The van der Waals surface area contributed by atoms with Crippen molar-refractivity contribution in [1.82, 2.24) is 5.32 Å². The molecule has 0 spiro atoms. The Morgan fingerprint density at radius 3 is 2.45 bits per heavy atom. The van der Waals surface area contributed by atoms with E-state index in [1.54, 1.807) is 17.8 Å². The molecule has 0 saturated carbocycles. The Hall–Kier alpha value is -3.33. The van der Waals surface area contributed by atoms with Gasteiger partial charge in [0, 0.05) is 35.8 Å². The first-order valence-electron chi connectivity index (χ1n) is 13.3. The highest BCUT2D eigenvalue weighted by atomic mass is 35.5. The highest BCUT2D eigenvalue weighted by Gasteiger charge is 2.27. The van der Waals surface area contributed by atoms with Gasteiger partial charge in [-0.3, -0.25) is 9.59 Å². The molecule has 40 heavy (non-hydrogen) atoms. The summed E-state index contributed by atoms with van der Waals surface area (Å²) < 4.78 is 8.28. The Labute approximate surface area is 245 Å². The van der Waals surface area contributed by atoms with Crippen LogP contribution >= 0.6 is 23.4 Å². The van der Waals surface area contributed by atoms with E-state index < -0.39 is 17.9 Å². The normalized spacial score (nSPS) is 14.9. The molecule has 0 saturated heterocycles. The molecule has 0 aliphatic carbocycles. The molecule has 4 rings (SSSR count). The van der Waals surface area contributed by atoms with Crippen molar-refractivity contribution in [2.75, 3.05) is 23.4 Å². The quantitative estimate of drug-likeness (QED) is 0.138. The lowest BCUT2D eigenvalue weighted by molar-refractivity contribution is -0.428. The first-order valence-corrected chi connectivity index (χ1v) is 14.9. The second-order valence-corrected chi connectivity index (χ2v) is 11.8. The van der Waals surface area contributed by atoms with Crippen LogP contribution in [0.5, 0.6) is 0 Å². The summed E-state index contributed by atoms with van der Waals surface area (Å²) in [6, 6.07) is 22.0. The largest absolute Gasteiger partial charge is 0.370 e. The molecule has 1 heterocycles. The number of nitrogens with one attached hydrogen (secondary N) is 3. The fourth-order valence-corrected chi connectivity index (χ4v) is 5.69. The van der Waals surface area contributed by atoms with Crippen LogP contribution in [0.2, 0.25) is 5.02 Å². The van der Waals surface area contributed by atoms with E-state index >= 15 is 0 Å². The molecule has 1 aliphatic heterocycles. The first kappa shape index (κ1) is 29.6. The van der Waals surface area contributed by atoms with Gasteiger partial charge in [0.15, 0.2) is 6.23 Å². The van der Waals surface area contributed by atoms with Gasteiger partial charge in [0.2, 0.25) is 17.1 Å². The Bertz CT molecular complexity index is 1370. The Kier molecular flexibility index (Phi) is 9.90. The molecule has 7 nitrogen and oxygen atoms in total. The van der Waals surface area contributed by atoms with Gasteiger partial charge >= 0.3 is 0 Å². The van der Waals surface area contributed by atoms with Crippen LogP contribution in [-0.4, -0.2) is 40.3 Å². The smallest absolute Gasteiger partial charge is 0.251 e. The van der Waals surface area contributed by atoms with Gasteiger partial charge in [-0.2, -0.15) is 4.58 Å². The summed E-state index contributed by atoms with van der Waals surface area (Å²) in [4.78, 5) is 24.9. The van der Waals surface area contributed by atoms with Crippen LogP contribution in [0.25, 0.3) is 0 Å². The van der Waals surface area contributed by atoms with E-state index in [2.05, 4.69) is 26.8 Å². The number of nitrogens with zero attached hydrogens (tertiary/aromatic N) is 1. The average Bonchev–Trinajstić information content (AvgIpc) is 3.40. The molecule has 1 aliphatic rings. The number of halogens is 1. The van der Waals surface area contributed by atoms with Crippen LogP contribution in [0.4, 0.5) is 17.1 Å². The number of rotatable bonds is 10. The molecule has 210 valence electrons. The highest BCUT2D eigenvalue weighted by Crippen LogP contribution is 2.32. The molecule has 0 aromatic heterocycles. The van der Waals surface area contributed by atoms with Crippen LogP contribution in [0.15, 0.2) is 72.8 Å². The monoisotopic (exact) mass is 579 g/mol. The van der Waals surface area contributed by atoms with Gasteiger partial charge in [-0.25, -0.2) is 0 Å². The standard InChI is InChI=1S/C31H35ClN4O3S/c1-31(2,3)39-30(33-20-37)22-12-8-13-23(18-22)34-28(21-10-6-5-7-11-21)29(38)35-24-15-16-26(25(32)19-24)36-17-9-14-27(36)40-4/h5-8,10-13,15-16,18-20,28,30,34H,9,14,17H2,1-4H3,(H-,33,35,37,38)/p+1. The number of amides is 2. The van der Waals surface area contributed by atoms with E-state index in [9.17, 15) is 9.59 Å². The van der Waals surface area contributed by atoms with Crippen molar-refractivity contribution in [3.05, 3.63) is 88.9 Å². The number of hydrogen-bond acceptors (Lipinski definition) is 5. The summed E-state index contributed by atoms with van der Waals surface area (Å²) >= 11 is 8.43. The molecule has 3 aromatic rings. The Morgan fingerprint density at radius 2 is 1.77 bits per heavy atom. The molecule has 0 fully saturated rings. The predicted octanol–water partition coefficient (Wildman–Crippen LogP) is 6.89. The molecular formula is C31H36ClN4O3S+. The van der Waals surface area contributed by atoms with Gasteiger partial charge in [-0.05, 0) is 56.9 Å². The summed E-state index contributed by atoms with van der Waals surface area (Å²) in [5.41, 5.74) is 3.36. The number of thioether (sulfide) groups is 1. The Balaban J connectivity index is 1.58. The minimum atomic E-state index is -0.689. The van der Waals surface area contributed by atoms with E-state index in [1.165, 1.54) is 5.04 Å². The van der Waals surface area contributed by atoms with Crippen LogP contribution in [0.3, 0.4) is 0 Å². The van der Waals surface area contributed by atoms with Gasteiger partial charge in [-0.1, -0.05) is 65.8 Å². The summed E-state index contributed by atoms with van der Waals surface area (Å²) in [7, 11) is 0. The average molecular weight is 580 g/mol. The predicted molar refractivity (Wildman–Crippen MR) is 165 cm³/mol. The fourth-order valence-electron chi connectivity index (χ4n) is 4.65. The molecule has 2 amide bonds. The molecule has 2 atom stereocenters. The third kappa shape index (κ3) is 7.65. The lowest BCUT2D eigenvalue weighted by atomic mass is 10.0.